The van der Waals surface area contributed by atoms with Crippen LogP contribution >= 0.6 is 0 Å². The summed E-state index contributed by atoms with van der Waals surface area (Å²) in [5.41, 5.74) is 5.48. The van der Waals surface area contributed by atoms with Crippen molar-refractivity contribution >= 4 is 17.9 Å². The van der Waals surface area contributed by atoms with Gasteiger partial charge in [0.1, 0.15) is 18.7 Å². The third kappa shape index (κ3) is 7.05. The van der Waals surface area contributed by atoms with Crippen molar-refractivity contribution in [3.05, 3.63) is 95.6 Å². The maximum Gasteiger partial charge on any atom is 0.407 e. The van der Waals surface area contributed by atoms with E-state index in [1.54, 1.807) is 7.05 Å². The van der Waals surface area contributed by atoms with Crippen molar-refractivity contribution in [2.45, 2.75) is 57.0 Å². The lowest BCUT2D eigenvalue weighted by atomic mass is 9.98. The van der Waals surface area contributed by atoms with E-state index in [2.05, 4.69) is 47.1 Å². The summed E-state index contributed by atoms with van der Waals surface area (Å²) in [6.45, 7) is 2.24. The van der Waals surface area contributed by atoms with Crippen molar-refractivity contribution in [2.75, 3.05) is 13.7 Å². The zero-order chi connectivity index (χ0) is 27.6. The standard InChI is InChI=1S/C32H37N3O4/c1-3-4-6-19-28(31(37)34-29(30(36)33-2)20-22-13-7-5-8-14-22)35-32(38)39-21-27-25-17-11-9-15-23(25)24-16-10-12-18-26(24)27/h5,7-18,27-29H,3-4,6,19-21H2,1-2H3,(H,33,36)(H,34,37)(H,35,38). The third-order valence-electron chi connectivity index (χ3n) is 7.21. The van der Waals surface area contributed by atoms with Crippen molar-refractivity contribution in [3.8, 4) is 11.1 Å². The maximum absolute atomic E-state index is 13.3. The van der Waals surface area contributed by atoms with Gasteiger partial charge in [0, 0.05) is 19.4 Å². The molecule has 0 saturated heterocycles. The molecule has 0 heterocycles. The van der Waals surface area contributed by atoms with Gasteiger partial charge in [-0.2, -0.15) is 0 Å². The lowest BCUT2D eigenvalue weighted by Gasteiger charge is -2.23. The Hall–Kier alpha value is -4.13. The third-order valence-corrected chi connectivity index (χ3v) is 7.21. The van der Waals surface area contributed by atoms with Gasteiger partial charge in [-0.25, -0.2) is 4.79 Å². The van der Waals surface area contributed by atoms with Crippen LogP contribution in [0.2, 0.25) is 0 Å². The molecule has 3 aromatic carbocycles. The molecule has 204 valence electrons. The maximum atomic E-state index is 13.3. The molecule has 1 aliphatic rings. The molecule has 4 rings (SSSR count). The number of carbonyl (C=O) groups excluding carboxylic acids is 3. The van der Waals surface area contributed by atoms with E-state index in [0.717, 1.165) is 47.1 Å². The molecule has 2 unspecified atom stereocenters. The molecule has 0 spiro atoms. The summed E-state index contributed by atoms with van der Waals surface area (Å²) in [4.78, 5) is 38.8. The number of likely N-dealkylation sites (N-methyl/N-ethyl adjacent to an activating group) is 1. The first kappa shape index (κ1) is 27.9. The molecule has 2 atom stereocenters. The number of fused-ring (bicyclic) bond motifs is 3. The van der Waals surface area contributed by atoms with Gasteiger partial charge in [0.05, 0.1) is 0 Å². The Morgan fingerprint density at radius 3 is 2.00 bits per heavy atom. The van der Waals surface area contributed by atoms with Crippen molar-refractivity contribution in [1.29, 1.82) is 0 Å². The molecule has 39 heavy (non-hydrogen) atoms. The molecule has 7 heteroatoms. The highest BCUT2D eigenvalue weighted by Crippen LogP contribution is 2.44. The average Bonchev–Trinajstić information content (AvgIpc) is 3.29. The number of hydrogen-bond acceptors (Lipinski definition) is 4. The molecule has 3 aromatic rings. The quantitative estimate of drug-likeness (QED) is 0.291. The van der Waals surface area contributed by atoms with Crippen LogP contribution in [0.3, 0.4) is 0 Å². The minimum atomic E-state index is -0.810. The molecule has 0 bridgehead atoms. The molecule has 1 aliphatic carbocycles. The molecule has 0 fully saturated rings. The fourth-order valence-electron chi connectivity index (χ4n) is 5.16. The number of alkyl carbamates (subject to hydrolysis) is 1. The van der Waals surface area contributed by atoms with E-state index in [4.69, 9.17) is 4.74 Å². The van der Waals surface area contributed by atoms with Gasteiger partial charge >= 0.3 is 6.09 Å². The lowest BCUT2D eigenvalue weighted by Crippen LogP contribution is -2.54. The fraction of sp³-hybridized carbons (Fsp3) is 0.344. The SMILES string of the molecule is CCCCCC(NC(=O)OCC1c2ccccc2-c2ccccc21)C(=O)NC(Cc1ccccc1)C(=O)NC. The summed E-state index contributed by atoms with van der Waals surface area (Å²) >= 11 is 0. The van der Waals surface area contributed by atoms with Crippen LogP contribution in [0.15, 0.2) is 78.9 Å². The second-order valence-corrected chi connectivity index (χ2v) is 9.88. The van der Waals surface area contributed by atoms with Gasteiger partial charge in [-0.05, 0) is 34.2 Å². The van der Waals surface area contributed by atoms with E-state index in [9.17, 15) is 14.4 Å². The average molecular weight is 528 g/mol. The fourth-order valence-corrected chi connectivity index (χ4v) is 5.16. The van der Waals surface area contributed by atoms with E-state index in [1.807, 2.05) is 54.6 Å². The molecule has 0 radical (unpaired) electrons. The number of carbonyl (C=O) groups is 3. The van der Waals surface area contributed by atoms with Gasteiger partial charge in [0.2, 0.25) is 11.8 Å². The highest BCUT2D eigenvalue weighted by molar-refractivity contribution is 5.91. The Balaban J connectivity index is 1.42. The number of hydrogen-bond donors (Lipinski definition) is 3. The van der Waals surface area contributed by atoms with E-state index in [-0.39, 0.29) is 18.4 Å². The Bertz CT molecular complexity index is 1230. The van der Waals surface area contributed by atoms with Crippen LogP contribution in [0.1, 0.15) is 55.2 Å². The Labute approximate surface area is 230 Å². The monoisotopic (exact) mass is 527 g/mol. The summed E-state index contributed by atoms with van der Waals surface area (Å²) in [6.07, 6.45) is 2.83. The Morgan fingerprint density at radius 1 is 0.769 bits per heavy atom. The summed E-state index contributed by atoms with van der Waals surface area (Å²) in [5.74, 6) is -0.760. The number of benzene rings is 3. The largest absolute Gasteiger partial charge is 0.449 e. The highest BCUT2D eigenvalue weighted by atomic mass is 16.5. The van der Waals surface area contributed by atoms with E-state index in [0.29, 0.717) is 12.8 Å². The Kier molecular flexibility index (Phi) is 9.73. The van der Waals surface area contributed by atoms with E-state index >= 15 is 0 Å². The zero-order valence-corrected chi connectivity index (χ0v) is 22.6. The Morgan fingerprint density at radius 2 is 1.38 bits per heavy atom. The second kappa shape index (κ2) is 13.6. The number of ether oxygens (including phenoxy) is 1. The van der Waals surface area contributed by atoms with Gasteiger partial charge in [0.25, 0.3) is 0 Å². The van der Waals surface area contributed by atoms with Crippen molar-refractivity contribution < 1.29 is 19.1 Å². The zero-order valence-electron chi connectivity index (χ0n) is 22.6. The molecule has 3 amide bonds. The minimum Gasteiger partial charge on any atom is -0.449 e. The smallest absolute Gasteiger partial charge is 0.407 e. The van der Waals surface area contributed by atoms with Crippen LogP contribution < -0.4 is 16.0 Å². The van der Waals surface area contributed by atoms with Gasteiger partial charge < -0.3 is 20.7 Å². The van der Waals surface area contributed by atoms with Crippen LogP contribution in [0.5, 0.6) is 0 Å². The van der Waals surface area contributed by atoms with Crippen LogP contribution in [-0.2, 0) is 20.7 Å². The second-order valence-electron chi connectivity index (χ2n) is 9.88. The number of rotatable bonds is 12. The topological polar surface area (TPSA) is 96.5 Å². The lowest BCUT2D eigenvalue weighted by molar-refractivity contribution is -0.129. The molecule has 3 N–H and O–H groups in total. The molecular formula is C32H37N3O4. The van der Waals surface area contributed by atoms with Gasteiger partial charge in [-0.3, -0.25) is 9.59 Å². The first-order valence-electron chi connectivity index (χ1n) is 13.7. The molecule has 0 aromatic heterocycles. The van der Waals surface area contributed by atoms with Crippen LogP contribution in [-0.4, -0.2) is 43.6 Å². The van der Waals surface area contributed by atoms with Crippen molar-refractivity contribution in [2.24, 2.45) is 0 Å². The molecule has 7 nitrogen and oxygen atoms in total. The molecule has 0 saturated carbocycles. The van der Waals surface area contributed by atoms with Crippen LogP contribution in [0.25, 0.3) is 11.1 Å². The minimum absolute atomic E-state index is 0.0704. The summed E-state index contributed by atoms with van der Waals surface area (Å²) in [7, 11) is 1.54. The van der Waals surface area contributed by atoms with Crippen molar-refractivity contribution in [1.82, 2.24) is 16.0 Å². The highest BCUT2D eigenvalue weighted by Gasteiger charge is 2.30. The van der Waals surface area contributed by atoms with E-state index in [1.165, 1.54) is 0 Å². The molecular weight excluding hydrogens is 490 g/mol. The van der Waals surface area contributed by atoms with Crippen LogP contribution in [0, 0.1) is 0 Å². The molecule has 0 aliphatic heterocycles. The van der Waals surface area contributed by atoms with Gasteiger partial charge in [-0.1, -0.05) is 105 Å². The summed E-state index contributed by atoms with van der Waals surface area (Å²) < 4.78 is 5.69. The summed E-state index contributed by atoms with van der Waals surface area (Å²) in [6, 6.07) is 24.2. The predicted octanol–water partition coefficient (Wildman–Crippen LogP) is 4.95. The van der Waals surface area contributed by atoms with Crippen molar-refractivity contribution in [3.63, 3.8) is 0 Å². The number of nitrogens with one attached hydrogen (secondary N) is 3. The normalized spacial score (nSPS) is 13.5. The first-order valence-corrected chi connectivity index (χ1v) is 13.7. The first-order chi connectivity index (χ1) is 19.0. The van der Waals surface area contributed by atoms with Gasteiger partial charge in [0.15, 0.2) is 0 Å². The number of amides is 3. The van der Waals surface area contributed by atoms with E-state index < -0.39 is 24.1 Å². The van der Waals surface area contributed by atoms with Crippen LogP contribution in [0.4, 0.5) is 4.79 Å². The number of unbranched alkanes of at least 4 members (excludes halogenated alkanes) is 2. The predicted molar refractivity (Wildman–Crippen MR) is 152 cm³/mol. The summed E-state index contributed by atoms with van der Waals surface area (Å²) in [5, 5.41) is 8.24. The van der Waals surface area contributed by atoms with Gasteiger partial charge in [-0.15, -0.1) is 0 Å².